The molecule has 212 valence electrons. The topological polar surface area (TPSA) is 144 Å². The minimum Gasteiger partial charge on any atom is -0.421 e. The van der Waals surface area contributed by atoms with Crippen LogP contribution < -0.4 is 15.8 Å². The second-order valence-electron chi connectivity index (χ2n) is 9.87. The standard InChI is InChI=1S/C29H31N7O5/c1-20-31-32-28(41-20)23-18-24(21-8-10-22(11-9-21)34-15-6-7-16-34)33-36(29(23)40)17-5-3-2-4-14-30-25(37)19-35-26(38)12-13-27(35)39/h6,8-13,15,18H,2-5,7,14,16-17,19H2,1H3,(H,30,37). The van der Waals surface area contributed by atoms with Gasteiger partial charge in [-0.1, -0.05) is 31.1 Å². The smallest absolute Gasteiger partial charge is 0.279 e. The van der Waals surface area contributed by atoms with Crippen LogP contribution in [0.1, 0.15) is 38.0 Å². The highest BCUT2D eigenvalue weighted by Gasteiger charge is 2.25. The molecule has 3 amide bonds. The molecule has 1 aromatic carbocycles. The number of carbonyl (C=O) groups is 3. The Kier molecular flexibility index (Phi) is 8.47. The predicted molar refractivity (Wildman–Crippen MR) is 150 cm³/mol. The van der Waals surface area contributed by atoms with Crippen LogP contribution in [-0.2, 0) is 20.9 Å². The summed E-state index contributed by atoms with van der Waals surface area (Å²) in [7, 11) is 0. The molecule has 2 aliphatic rings. The molecule has 0 fully saturated rings. The summed E-state index contributed by atoms with van der Waals surface area (Å²) in [5.41, 5.74) is 2.59. The van der Waals surface area contributed by atoms with Gasteiger partial charge in [0.2, 0.25) is 11.8 Å². The Morgan fingerprint density at radius 3 is 2.44 bits per heavy atom. The van der Waals surface area contributed by atoms with E-state index in [1.807, 2.05) is 24.3 Å². The molecule has 2 aliphatic heterocycles. The Labute approximate surface area is 236 Å². The fraction of sp³-hybridized carbons (Fsp3) is 0.345. The molecule has 0 unspecified atom stereocenters. The largest absolute Gasteiger partial charge is 0.421 e. The number of hydrogen-bond donors (Lipinski definition) is 1. The zero-order chi connectivity index (χ0) is 28.8. The van der Waals surface area contributed by atoms with Crippen molar-refractivity contribution in [3.05, 3.63) is 71.0 Å². The summed E-state index contributed by atoms with van der Waals surface area (Å²) in [5, 5.41) is 15.3. The van der Waals surface area contributed by atoms with E-state index in [1.165, 1.54) is 4.68 Å². The number of aromatic nitrogens is 4. The van der Waals surface area contributed by atoms with Crippen molar-refractivity contribution < 1.29 is 18.8 Å². The Bertz CT molecular complexity index is 1540. The summed E-state index contributed by atoms with van der Waals surface area (Å²) in [5.74, 6) is -0.807. The lowest BCUT2D eigenvalue weighted by atomic mass is 10.1. The number of imide groups is 1. The van der Waals surface area contributed by atoms with Crippen LogP contribution in [0, 0.1) is 6.92 Å². The highest BCUT2D eigenvalue weighted by Crippen LogP contribution is 2.25. The molecule has 3 aromatic rings. The minimum absolute atomic E-state index is 0.160. The van der Waals surface area contributed by atoms with Gasteiger partial charge >= 0.3 is 0 Å². The van der Waals surface area contributed by atoms with E-state index in [4.69, 9.17) is 4.42 Å². The van der Waals surface area contributed by atoms with Crippen LogP contribution in [0.25, 0.3) is 22.7 Å². The van der Waals surface area contributed by atoms with Gasteiger partial charge in [0.05, 0.1) is 5.69 Å². The second kappa shape index (κ2) is 12.5. The molecule has 1 N–H and O–H groups in total. The van der Waals surface area contributed by atoms with Crippen LogP contribution in [0.5, 0.6) is 0 Å². The SMILES string of the molecule is Cc1nnc(-c2cc(-c3ccc(N4C=CCC4)cc3)nn(CCCCCCNC(=O)CN3C(=O)C=CC3=O)c2=O)o1. The first-order chi connectivity index (χ1) is 19.9. The van der Waals surface area contributed by atoms with Crippen LogP contribution >= 0.6 is 0 Å². The van der Waals surface area contributed by atoms with Crippen LogP contribution in [0.4, 0.5) is 5.69 Å². The van der Waals surface area contributed by atoms with Crippen LogP contribution in [0.3, 0.4) is 0 Å². The quantitative estimate of drug-likeness (QED) is 0.262. The average Bonchev–Trinajstić information content (AvgIpc) is 3.73. The fourth-order valence-electron chi connectivity index (χ4n) is 4.68. The Hall–Kier alpha value is -4.87. The molecule has 2 aromatic heterocycles. The summed E-state index contributed by atoms with van der Waals surface area (Å²) in [6, 6.07) is 9.74. The van der Waals surface area contributed by atoms with Gasteiger partial charge in [-0.3, -0.25) is 24.1 Å². The number of aryl methyl sites for hydroxylation is 2. The van der Waals surface area contributed by atoms with Crippen molar-refractivity contribution in [2.24, 2.45) is 0 Å². The molecule has 12 heteroatoms. The highest BCUT2D eigenvalue weighted by atomic mass is 16.4. The first kappa shape index (κ1) is 27.7. The maximum Gasteiger partial charge on any atom is 0.279 e. The maximum absolute atomic E-state index is 13.3. The van der Waals surface area contributed by atoms with E-state index < -0.39 is 11.8 Å². The fourth-order valence-corrected chi connectivity index (χ4v) is 4.68. The van der Waals surface area contributed by atoms with Crippen LogP contribution in [0.2, 0.25) is 0 Å². The van der Waals surface area contributed by atoms with Gasteiger partial charge in [0.1, 0.15) is 12.1 Å². The molecule has 5 rings (SSSR count). The number of anilines is 1. The van der Waals surface area contributed by atoms with Gasteiger partial charge in [0, 0.05) is 56.2 Å². The van der Waals surface area contributed by atoms with Gasteiger partial charge < -0.3 is 14.6 Å². The third kappa shape index (κ3) is 6.65. The zero-order valence-electron chi connectivity index (χ0n) is 22.8. The molecule has 0 atom stereocenters. The second-order valence-corrected chi connectivity index (χ2v) is 9.87. The van der Waals surface area contributed by atoms with E-state index in [1.54, 1.807) is 13.0 Å². The lowest BCUT2D eigenvalue weighted by molar-refractivity contribution is -0.141. The number of unbranched alkanes of at least 4 members (excludes halogenated alkanes) is 3. The number of rotatable bonds is 12. The van der Waals surface area contributed by atoms with Gasteiger partial charge in [-0.15, -0.1) is 10.2 Å². The van der Waals surface area contributed by atoms with Gasteiger partial charge in [-0.25, -0.2) is 4.68 Å². The van der Waals surface area contributed by atoms with Crippen molar-refractivity contribution in [2.75, 3.05) is 24.5 Å². The van der Waals surface area contributed by atoms with Gasteiger partial charge in [-0.2, -0.15) is 5.10 Å². The Balaban J connectivity index is 1.18. The van der Waals surface area contributed by atoms with Crippen LogP contribution in [0.15, 0.2) is 64.0 Å². The van der Waals surface area contributed by atoms with Gasteiger partial charge in [0.25, 0.3) is 23.3 Å². The monoisotopic (exact) mass is 557 g/mol. The summed E-state index contributed by atoms with van der Waals surface area (Å²) >= 11 is 0. The molecule has 12 nitrogen and oxygen atoms in total. The van der Waals surface area contributed by atoms with Crippen molar-refractivity contribution >= 4 is 23.4 Å². The van der Waals surface area contributed by atoms with Crippen molar-refractivity contribution in [3.63, 3.8) is 0 Å². The average molecular weight is 558 g/mol. The lowest BCUT2D eigenvalue weighted by Gasteiger charge is -2.16. The maximum atomic E-state index is 13.3. The van der Waals surface area contributed by atoms with Crippen molar-refractivity contribution in [2.45, 2.75) is 45.6 Å². The first-order valence-electron chi connectivity index (χ1n) is 13.7. The van der Waals surface area contributed by atoms with E-state index in [-0.39, 0.29) is 23.9 Å². The summed E-state index contributed by atoms with van der Waals surface area (Å²) < 4.78 is 7.02. The minimum atomic E-state index is -0.480. The number of carbonyl (C=O) groups excluding carboxylic acids is 3. The molecular weight excluding hydrogens is 526 g/mol. The van der Waals surface area contributed by atoms with Crippen molar-refractivity contribution in [3.8, 4) is 22.7 Å². The number of nitrogens with zero attached hydrogens (tertiary/aromatic N) is 6. The normalized spacial score (nSPS) is 14.5. The zero-order valence-corrected chi connectivity index (χ0v) is 22.8. The number of benzene rings is 1. The van der Waals surface area contributed by atoms with Gasteiger partial charge in [0.15, 0.2) is 0 Å². The Morgan fingerprint density at radius 2 is 1.76 bits per heavy atom. The highest BCUT2D eigenvalue weighted by molar-refractivity contribution is 6.14. The van der Waals surface area contributed by atoms with Crippen LogP contribution in [-0.4, -0.2) is 62.2 Å². The summed E-state index contributed by atoms with van der Waals surface area (Å²) in [6.07, 6.45) is 10.6. The third-order valence-corrected chi connectivity index (χ3v) is 6.87. The van der Waals surface area contributed by atoms with E-state index in [0.29, 0.717) is 36.7 Å². The Morgan fingerprint density at radius 1 is 1.00 bits per heavy atom. The lowest BCUT2D eigenvalue weighted by Crippen LogP contribution is -2.40. The molecule has 41 heavy (non-hydrogen) atoms. The van der Waals surface area contributed by atoms with E-state index in [0.717, 1.165) is 60.5 Å². The molecule has 0 bridgehead atoms. The van der Waals surface area contributed by atoms with E-state index in [9.17, 15) is 19.2 Å². The number of hydrogen-bond acceptors (Lipinski definition) is 9. The van der Waals surface area contributed by atoms with E-state index >= 15 is 0 Å². The molecule has 4 heterocycles. The third-order valence-electron chi connectivity index (χ3n) is 6.87. The molecular formula is C29H31N7O5. The molecule has 0 saturated carbocycles. The summed E-state index contributed by atoms with van der Waals surface area (Å²) in [4.78, 5) is 51.5. The summed E-state index contributed by atoms with van der Waals surface area (Å²) in [6.45, 7) is 3.18. The first-order valence-corrected chi connectivity index (χ1v) is 13.7. The predicted octanol–water partition coefficient (Wildman–Crippen LogP) is 2.59. The van der Waals surface area contributed by atoms with Crippen molar-refractivity contribution in [1.82, 2.24) is 30.2 Å². The molecule has 0 radical (unpaired) electrons. The van der Waals surface area contributed by atoms with Gasteiger partial charge in [-0.05, 0) is 37.5 Å². The number of amides is 3. The molecule has 0 aliphatic carbocycles. The molecule has 0 saturated heterocycles. The molecule has 0 spiro atoms. The van der Waals surface area contributed by atoms with Crippen molar-refractivity contribution in [1.29, 1.82) is 0 Å². The van der Waals surface area contributed by atoms with E-state index in [2.05, 4.69) is 37.8 Å². The number of nitrogens with one attached hydrogen (secondary N) is 1.